The lowest BCUT2D eigenvalue weighted by molar-refractivity contribution is 0.303. The summed E-state index contributed by atoms with van der Waals surface area (Å²) < 4.78 is 0. The highest BCUT2D eigenvalue weighted by Crippen LogP contribution is 2.39. The minimum atomic E-state index is 0.638. The SMILES string of the molecule is CCCCCC1CCC(c2ccc(-c3ccc(C=CC4CCC(c5ccc(C#N)cc5)CC4)cc3)cc2)CC1. The van der Waals surface area contributed by atoms with E-state index in [1.54, 1.807) is 5.56 Å². The molecule has 1 nitrogen and oxygen atoms in total. The molecule has 1 heteroatoms. The van der Waals surface area contributed by atoms with Gasteiger partial charge in [0.15, 0.2) is 0 Å². The van der Waals surface area contributed by atoms with Crippen LogP contribution in [0, 0.1) is 23.2 Å². The van der Waals surface area contributed by atoms with Crippen LogP contribution in [0.5, 0.6) is 0 Å². The molecule has 0 unspecified atom stereocenters. The van der Waals surface area contributed by atoms with Gasteiger partial charge in [0, 0.05) is 0 Å². The first-order chi connectivity index (χ1) is 19.2. The summed E-state index contributed by atoms with van der Waals surface area (Å²) in [5.74, 6) is 3.04. The highest BCUT2D eigenvalue weighted by Gasteiger charge is 2.22. The molecule has 0 N–H and O–H groups in total. The first kappa shape index (κ1) is 27.5. The topological polar surface area (TPSA) is 23.8 Å². The standard InChI is InChI=1S/C38H45N/c1-2-3-4-5-29-8-16-34(17-9-29)37-24-26-38(27-25-37)35-20-12-31(13-21-35)7-6-30-10-18-33(19-11-30)36-22-14-32(28-39)15-23-36/h6-7,12-15,20-27,29-30,33-34H,2-5,8-11,16-19H2,1H3. The average molecular weight is 516 g/mol. The molecule has 2 fully saturated rings. The van der Waals surface area contributed by atoms with Crippen molar-refractivity contribution < 1.29 is 0 Å². The largest absolute Gasteiger partial charge is 0.192 e. The zero-order chi connectivity index (χ0) is 26.9. The fourth-order valence-corrected chi connectivity index (χ4v) is 6.92. The summed E-state index contributed by atoms with van der Waals surface area (Å²) in [5.41, 5.74) is 7.61. The van der Waals surface area contributed by atoms with E-state index in [-0.39, 0.29) is 0 Å². The van der Waals surface area contributed by atoms with Crippen molar-refractivity contribution in [3.05, 3.63) is 101 Å². The Morgan fingerprint density at radius 1 is 0.667 bits per heavy atom. The monoisotopic (exact) mass is 515 g/mol. The van der Waals surface area contributed by atoms with Crippen LogP contribution in [0.4, 0.5) is 0 Å². The Labute approximate surface area is 237 Å². The van der Waals surface area contributed by atoms with Gasteiger partial charge in [-0.3, -0.25) is 0 Å². The lowest BCUT2D eigenvalue weighted by atomic mass is 9.77. The van der Waals surface area contributed by atoms with Crippen LogP contribution in [0.2, 0.25) is 0 Å². The van der Waals surface area contributed by atoms with Crippen molar-refractivity contribution in [2.75, 3.05) is 0 Å². The van der Waals surface area contributed by atoms with Crippen LogP contribution < -0.4 is 0 Å². The van der Waals surface area contributed by atoms with Crippen LogP contribution in [-0.4, -0.2) is 0 Å². The number of nitriles is 1. The van der Waals surface area contributed by atoms with E-state index in [9.17, 15) is 0 Å². The highest BCUT2D eigenvalue weighted by atomic mass is 14.3. The van der Waals surface area contributed by atoms with Gasteiger partial charge >= 0.3 is 0 Å². The zero-order valence-corrected chi connectivity index (χ0v) is 23.8. The Kier molecular flexibility index (Phi) is 9.71. The number of rotatable bonds is 9. The summed E-state index contributed by atoms with van der Waals surface area (Å²) in [6.45, 7) is 2.31. The number of allylic oxidation sites excluding steroid dienone is 1. The van der Waals surface area contributed by atoms with Crippen molar-refractivity contribution in [2.24, 2.45) is 11.8 Å². The smallest absolute Gasteiger partial charge is 0.0991 e. The molecule has 0 aliphatic heterocycles. The molecule has 0 aromatic heterocycles. The summed E-state index contributed by atoms with van der Waals surface area (Å²) in [5, 5.41) is 9.03. The van der Waals surface area contributed by atoms with E-state index in [2.05, 4.69) is 85.8 Å². The van der Waals surface area contributed by atoms with Gasteiger partial charge in [-0.05, 0) is 115 Å². The third-order valence-electron chi connectivity index (χ3n) is 9.53. The minimum absolute atomic E-state index is 0.638. The quantitative estimate of drug-likeness (QED) is 0.260. The maximum absolute atomic E-state index is 9.03. The molecule has 2 aliphatic carbocycles. The summed E-state index contributed by atoms with van der Waals surface area (Å²) in [4.78, 5) is 0. The van der Waals surface area contributed by atoms with Gasteiger partial charge in [-0.25, -0.2) is 0 Å². The molecule has 0 atom stereocenters. The molecule has 0 spiro atoms. The molecular weight excluding hydrogens is 470 g/mol. The molecule has 0 heterocycles. The average Bonchev–Trinajstić information content (AvgIpc) is 3.01. The molecule has 3 aromatic carbocycles. The van der Waals surface area contributed by atoms with E-state index in [4.69, 9.17) is 5.26 Å². The summed E-state index contributed by atoms with van der Waals surface area (Å²) in [6.07, 6.45) is 20.9. The van der Waals surface area contributed by atoms with E-state index in [1.165, 1.54) is 99.3 Å². The van der Waals surface area contributed by atoms with Crippen molar-refractivity contribution in [2.45, 2.75) is 95.8 Å². The van der Waals surface area contributed by atoms with Crippen molar-refractivity contribution >= 4 is 6.08 Å². The molecular formula is C38H45N. The van der Waals surface area contributed by atoms with Crippen LogP contribution in [0.25, 0.3) is 17.2 Å². The van der Waals surface area contributed by atoms with Gasteiger partial charge in [0.1, 0.15) is 0 Å². The zero-order valence-electron chi connectivity index (χ0n) is 23.8. The highest BCUT2D eigenvalue weighted by molar-refractivity contribution is 5.66. The van der Waals surface area contributed by atoms with Crippen molar-refractivity contribution in [3.63, 3.8) is 0 Å². The van der Waals surface area contributed by atoms with E-state index in [1.807, 2.05) is 12.1 Å². The van der Waals surface area contributed by atoms with E-state index in [0.29, 0.717) is 11.8 Å². The van der Waals surface area contributed by atoms with Gasteiger partial charge in [0.2, 0.25) is 0 Å². The van der Waals surface area contributed by atoms with Crippen LogP contribution in [-0.2, 0) is 0 Å². The van der Waals surface area contributed by atoms with Gasteiger partial charge in [0.25, 0.3) is 0 Å². The van der Waals surface area contributed by atoms with Crippen molar-refractivity contribution in [1.29, 1.82) is 5.26 Å². The molecule has 0 amide bonds. The Hall–Kier alpha value is -3.11. The van der Waals surface area contributed by atoms with Crippen LogP contribution in [0.15, 0.2) is 78.9 Å². The molecule has 0 saturated heterocycles. The lowest BCUT2D eigenvalue weighted by Gasteiger charge is -2.29. The normalized spacial score (nSPS) is 23.5. The molecule has 3 aromatic rings. The lowest BCUT2D eigenvalue weighted by Crippen LogP contribution is -2.13. The fraction of sp³-hybridized carbons (Fsp3) is 0.447. The van der Waals surface area contributed by atoms with E-state index < -0.39 is 0 Å². The van der Waals surface area contributed by atoms with Crippen LogP contribution in [0.3, 0.4) is 0 Å². The number of nitrogens with zero attached hydrogens (tertiary/aromatic N) is 1. The second-order valence-electron chi connectivity index (χ2n) is 12.2. The predicted molar refractivity (Wildman–Crippen MR) is 166 cm³/mol. The Balaban J connectivity index is 1.09. The molecule has 2 saturated carbocycles. The number of hydrogen-bond donors (Lipinski definition) is 0. The maximum atomic E-state index is 9.03. The van der Waals surface area contributed by atoms with Gasteiger partial charge in [-0.1, -0.05) is 105 Å². The van der Waals surface area contributed by atoms with E-state index >= 15 is 0 Å². The van der Waals surface area contributed by atoms with Gasteiger partial charge in [0.05, 0.1) is 11.6 Å². The predicted octanol–water partition coefficient (Wildman–Crippen LogP) is 11.1. The third-order valence-corrected chi connectivity index (χ3v) is 9.53. The molecule has 0 bridgehead atoms. The van der Waals surface area contributed by atoms with Crippen LogP contribution in [0.1, 0.15) is 118 Å². The van der Waals surface area contributed by atoms with Gasteiger partial charge < -0.3 is 0 Å². The second kappa shape index (κ2) is 13.8. The molecule has 2 aliphatic rings. The first-order valence-electron chi connectivity index (χ1n) is 15.6. The number of benzene rings is 3. The summed E-state index contributed by atoms with van der Waals surface area (Å²) in [6, 6.07) is 29.0. The first-order valence-corrected chi connectivity index (χ1v) is 15.6. The Morgan fingerprint density at radius 3 is 1.77 bits per heavy atom. The van der Waals surface area contributed by atoms with Crippen molar-refractivity contribution in [1.82, 2.24) is 0 Å². The maximum Gasteiger partial charge on any atom is 0.0991 e. The van der Waals surface area contributed by atoms with Gasteiger partial charge in [-0.2, -0.15) is 5.26 Å². The molecule has 5 rings (SSSR count). The van der Waals surface area contributed by atoms with Gasteiger partial charge in [-0.15, -0.1) is 0 Å². The molecule has 0 radical (unpaired) electrons. The molecule has 39 heavy (non-hydrogen) atoms. The summed E-state index contributed by atoms with van der Waals surface area (Å²) >= 11 is 0. The Morgan fingerprint density at radius 2 is 1.21 bits per heavy atom. The van der Waals surface area contributed by atoms with E-state index in [0.717, 1.165) is 17.4 Å². The second-order valence-corrected chi connectivity index (χ2v) is 12.2. The Bertz CT molecular complexity index is 1210. The number of unbranched alkanes of at least 4 members (excludes halogenated alkanes) is 2. The number of hydrogen-bond acceptors (Lipinski definition) is 1. The fourth-order valence-electron chi connectivity index (χ4n) is 6.92. The minimum Gasteiger partial charge on any atom is -0.192 e. The van der Waals surface area contributed by atoms with Crippen molar-refractivity contribution in [3.8, 4) is 17.2 Å². The molecule has 202 valence electrons. The third kappa shape index (κ3) is 7.51. The van der Waals surface area contributed by atoms with Crippen LogP contribution >= 0.6 is 0 Å². The summed E-state index contributed by atoms with van der Waals surface area (Å²) in [7, 11) is 0.